The number of benzene rings is 1. The Kier molecular flexibility index (Phi) is 7.62. The van der Waals surface area contributed by atoms with E-state index in [4.69, 9.17) is 17.3 Å². The molecule has 1 atom stereocenters. The summed E-state index contributed by atoms with van der Waals surface area (Å²) in [6.45, 7) is 5.44. The van der Waals surface area contributed by atoms with Gasteiger partial charge in [0.25, 0.3) is 5.91 Å². The van der Waals surface area contributed by atoms with Gasteiger partial charge in [0.1, 0.15) is 6.04 Å². The number of nitrogens with two attached hydrogens (primary N) is 1. The first-order valence-corrected chi connectivity index (χ1v) is 9.51. The minimum Gasteiger partial charge on any atom is -0.369 e. The van der Waals surface area contributed by atoms with Crippen LogP contribution in [-0.2, 0) is 9.59 Å². The van der Waals surface area contributed by atoms with Crippen LogP contribution in [0.1, 0.15) is 37.0 Å². The number of piperidine rings is 1. The summed E-state index contributed by atoms with van der Waals surface area (Å²) in [4.78, 5) is 38.1. The number of halogens is 1. The summed E-state index contributed by atoms with van der Waals surface area (Å²) in [6, 6.07) is 5.93. The smallest absolute Gasteiger partial charge is 0.251 e. The Hall–Kier alpha value is -2.12. The predicted octanol–water partition coefficient (Wildman–Crippen LogP) is 1.16. The van der Waals surface area contributed by atoms with E-state index in [2.05, 4.69) is 10.6 Å². The van der Waals surface area contributed by atoms with E-state index in [-0.39, 0.29) is 36.2 Å². The van der Waals surface area contributed by atoms with E-state index >= 15 is 0 Å². The Labute approximate surface area is 164 Å². The molecular weight excluding hydrogens is 368 g/mol. The van der Waals surface area contributed by atoms with Crippen LogP contribution >= 0.6 is 11.6 Å². The van der Waals surface area contributed by atoms with Crippen LogP contribution in [0.3, 0.4) is 0 Å². The van der Waals surface area contributed by atoms with Gasteiger partial charge in [-0.1, -0.05) is 25.4 Å². The first kappa shape index (κ1) is 21.2. The topological polar surface area (TPSA) is 105 Å². The lowest BCUT2D eigenvalue weighted by Crippen LogP contribution is -2.54. The van der Waals surface area contributed by atoms with Gasteiger partial charge in [-0.2, -0.15) is 0 Å². The second-order valence-corrected chi connectivity index (χ2v) is 7.66. The zero-order valence-electron chi connectivity index (χ0n) is 15.7. The van der Waals surface area contributed by atoms with Crippen LogP contribution in [0, 0.1) is 5.92 Å². The molecule has 8 heteroatoms. The summed E-state index contributed by atoms with van der Waals surface area (Å²) < 4.78 is 0. The highest BCUT2D eigenvalue weighted by atomic mass is 35.5. The number of nitrogens with one attached hydrogen (secondary N) is 2. The molecule has 1 fully saturated rings. The maximum absolute atomic E-state index is 12.7. The zero-order valence-corrected chi connectivity index (χ0v) is 16.5. The van der Waals surface area contributed by atoms with E-state index in [1.807, 2.05) is 18.7 Å². The van der Waals surface area contributed by atoms with E-state index in [0.717, 1.165) is 12.8 Å². The van der Waals surface area contributed by atoms with Crippen molar-refractivity contribution in [2.45, 2.75) is 38.8 Å². The third kappa shape index (κ3) is 6.52. The molecule has 1 saturated heterocycles. The van der Waals surface area contributed by atoms with Crippen molar-refractivity contribution in [2.24, 2.45) is 11.7 Å². The third-order valence-corrected chi connectivity index (χ3v) is 4.91. The van der Waals surface area contributed by atoms with Crippen LogP contribution in [0.15, 0.2) is 24.3 Å². The Bertz CT molecular complexity index is 670. The van der Waals surface area contributed by atoms with Crippen LogP contribution in [-0.4, -0.2) is 54.3 Å². The molecule has 7 nitrogen and oxygen atoms in total. The molecule has 0 aromatic heterocycles. The summed E-state index contributed by atoms with van der Waals surface area (Å²) in [5, 5.41) is 6.38. The summed E-state index contributed by atoms with van der Waals surface area (Å²) in [7, 11) is 0. The highest BCUT2D eigenvalue weighted by Gasteiger charge is 2.28. The van der Waals surface area contributed by atoms with Crippen molar-refractivity contribution >= 4 is 29.3 Å². The highest BCUT2D eigenvalue weighted by molar-refractivity contribution is 6.30. The molecule has 1 aromatic rings. The van der Waals surface area contributed by atoms with E-state index in [1.54, 1.807) is 24.3 Å². The minimum absolute atomic E-state index is 0.0234. The van der Waals surface area contributed by atoms with Crippen LogP contribution in [0.2, 0.25) is 5.02 Å². The van der Waals surface area contributed by atoms with Gasteiger partial charge in [0, 0.05) is 29.7 Å². The van der Waals surface area contributed by atoms with Crippen LogP contribution in [0.25, 0.3) is 0 Å². The largest absolute Gasteiger partial charge is 0.369 e. The lowest BCUT2D eigenvalue weighted by atomic mass is 10.00. The minimum atomic E-state index is -0.628. The Morgan fingerprint density at radius 3 is 2.30 bits per heavy atom. The van der Waals surface area contributed by atoms with Gasteiger partial charge in [0.05, 0.1) is 6.54 Å². The lowest BCUT2D eigenvalue weighted by molar-refractivity contribution is -0.125. The first-order valence-electron chi connectivity index (χ1n) is 9.13. The van der Waals surface area contributed by atoms with Gasteiger partial charge in [-0.05, 0) is 43.0 Å². The van der Waals surface area contributed by atoms with Crippen molar-refractivity contribution in [2.75, 3.05) is 19.6 Å². The van der Waals surface area contributed by atoms with E-state index in [9.17, 15) is 14.4 Å². The molecule has 148 valence electrons. The van der Waals surface area contributed by atoms with Crippen molar-refractivity contribution < 1.29 is 14.4 Å². The maximum atomic E-state index is 12.7. The molecule has 0 aliphatic carbocycles. The molecule has 0 bridgehead atoms. The molecule has 0 spiro atoms. The average Bonchev–Trinajstić information content (AvgIpc) is 2.61. The van der Waals surface area contributed by atoms with Gasteiger partial charge in [-0.25, -0.2) is 0 Å². The van der Waals surface area contributed by atoms with Gasteiger partial charge < -0.3 is 16.4 Å². The molecule has 27 heavy (non-hydrogen) atoms. The predicted molar refractivity (Wildman–Crippen MR) is 104 cm³/mol. The molecular formula is C19H27ClN4O3. The third-order valence-electron chi connectivity index (χ3n) is 4.66. The van der Waals surface area contributed by atoms with E-state index < -0.39 is 6.04 Å². The van der Waals surface area contributed by atoms with Gasteiger partial charge in [0.2, 0.25) is 11.8 Å². The van der Waals surface area contributed by atoms with Gasteiger partial charge in [0.15, 0.2) is 0 Å². The Balaban J connectivity index is 1.90. The molecule has 3 amide bonds. The summed E-state index contributed by atoms with van der Waals surface area (Å²) in [5.41, 5.74) is 5.67. The van der Waals surface area contributed by atoms with Crippen molar-refractivity contribution in [3.8, 4) is 0 Å². The second kappa shape index (κ2) is 9.71. The van der Waals surface area contributed by atoms with Crippen LogP contribution in [0.5, 0.6) is 0 Å². The average molecular weight is 395 g/mol. The second-order valence-electron chi connectivity index (χ2n) is 7.23. The molecule has 1 aliphatic heterocycles. The SMILES string of the molecule is CC(C)C(NC(=O)c1ccc(Cl)cc1)C(=O)NC1CCN(CC(N)=O)CC1. The fourth-order valence-corrected chi connectivity index (χ4v) is 3.23. The number of primary amides is 1. The maximum Gasteiger partial charge on any atom is 0.251 e. The van der Waals surface area contributed by atoms with Crippen molar-refractivity contribution in [1.29, 1.82) is 0 Å². The molecule has 1 aromatic carbocycles. The van der Waals surface area contributed by atoms with E-state index in [1.165, 1.54) is 0 Å². The molecule has 1 unspecified atom stereocenters. The first-order chi connectivity index (χ1) is 12.8. The standard InChI is InChI=1S/C19H27ClN4O3/c1-12(2)17(23-18(26)13-3-5-14(20)6-4-13)19(27)22-15-7-9-24(10-8-15)11-16(21)25/h3-6,12,15,17H,7-11H2,1-2H3,(H2,21,25)(H,22,27)(H,23,26). The lowest BCUT2D eigenvalue weighted by Gasteiger charge is -2.33. The Morgan fingerprint density at radius 1 is 1.19 bits per heavy atom. The monoisotopic (exact) mass is 394 g/mol. The van der Waals surface area contributed by atoms with Crippen LogP contribution in [0.4, 0.5) is 0 Å². The summed E-state index contributed by atoms with van der Waals surface area (Å²) >= 11 is 5.84. The summed E-state index contributed by atoms with van der Waals surface area (Å²) in [5.74, 6) is -0.907. The number of nitrogens with zero attached hydrogens (tertiary/aromatic N) is 1. The van der Waals surface area contributed by atoms with Gasteiger partial charge in [-0.3, -0.25) is 19.3 Å². The van der Waals surface area contributed by atoms with Gasteiger partial charge in [-0.15, -0.1) is 0 Å². The quantitative estimate of drug-likeness (QED) is 0.645. The Morgan fingerprint density at radius 2 is 1.78 bits per heavy atom. The zero-order chi connectivity index (χ0) is 20.0. The van der Waals surface area contributed by atoms with Crippen molar-refractivity contribution in [3.05, 3.63) is 34.9 Å². The molecule has 1 aliphatic rings. The van der Waals surface area contributed by atoms with Crippen LogP contribution < -0.4 is 16.4 Å². The molecule has 0 saturated carbocycles. The highest BCUT2D eigenvalue weighted by Crippen LogP contribution is 2.13. The summed E-state index contributed by atoms with van der Waals surface area (Å²) in [6.07, 6.45) is 1.49. The number of likely N-dealkylation sites (tertiary alicyclic amines) is 1. The fraction of sp³-hybridized carbons (Fsp3) is 0.526. The number of hydrogen-bond acceptors (Lipinski definition) is 4. The molecule has 4 N–H and O–H groups in total. The molecule has 0 radical (unpaired) electrons. The van der Waals surface area contributed by atoms with Crippen molar-refractivity contribution in [3.63, 3.8) is 0 Å². The number of hydrogen-bond donors (Lipinski definition) is 3. The normalized spacial score (nSPS) is 16.7. The molecule has 1 heterocycles. The number of amides is 3. The number of carbonyl (C=O) groups excluding carboxylic acids is 3. The number of carbonyl (C=O) groups is 3. The fourth-order valence-electron chi connectivity index (χ4n) is 3.11. The van der Waals surface area contributed by atoms with E-state index in [0.29, 0.717) is 23.7 Å². The molecule has 2 rings (SSSR count). The van der Waals surface area contributed by atoms with Gasteiger partial charge >= 0.3 is 0 Å². The number of rotatable bonds is 7. The van der Waals surface area contributed by atoms with Crippen molar-refractivity contribution in [1.82, 2.24) is 15.5 Å².